The molecule has 0 aliphatic carbocycles. The van der Waals surface area contributed by atoms with Crippen molar-refractivity contribution in [2.75, 3.05) is 46.6 Å². The quantitative estimate of drug-likeness (QED) is 0.657. The van der Waals surface area contributed by atoms with Crippen LogP contribution in [0, 0.1) is 0 Å². The predicted molar refractivity (Wildman–Crippen MR) is 103 cm³/mol. The summed E-state index contributed by atoms with van der Waals surface area (Å²) >= 11 is 1.61. The largest absolute Gasteiger partial charge is 0.497 e. The standard InChI is InChI=1S/C19H25N3O4S/c1-24-16-2-4-17(5-3-16)26-9-6-20-18(23)12-15-14-27-19(21-15)13-22-7-10-25-11-8-22/h2-5,14H,6-13H2,1H3,(H,20,23). The third-order valence-corrected chi connectivity index (χ3v) is 5.04. The van der Waals surface area contributed by atoms with Gasteiger partial charge in [-0.1, -0.05) is 0 Å². The summed E-state index contributed by atoms with van der Waals surface area (Å²) in [6.07, 6.45) is 0.294. The molecule has 8 heteroatoms. The summed E-state index contributed by atoms with van der Waals surface area (Å²) in [5.74, 6) is 1.49. The van der Waals surface area contributed by atoms with Gasteiger partial charge >= 0.3 is 0 Å². The molecule has 0 saturated carbocycles. The summed E-state index contributed by atoms with van der Waals surface area (Å²) in [7, 11) is 1.62. The van der Waals surface area contributed by atoms with Crippen LogP contribution in [0.3, 0.4) is 0 Å². The summed E-state index contributed by atoms with van der Waals surface area (Å²) in [5.41, 5.74) is 0.817. The van der Waals surface area contributed by atoms with Gasteiger partial charge in [0.2, 0.25) is 5.91 Å². The molecule has 2 heterocycles. The zero-order valence-electron chi connectivity index (χ0n) is 15.5. The SMILES string of the molecule is COc1ccc(OCCNC(=O)Cc2csc(CN3CCOCC3)n2)cc1. The number of ether oxygens (including phenoxy) is 3. The van der Waals surface area contributed by atoms with Gasteiger partial charge in [0.1, 0.15) is 23.1 Å². The van der Waals surface area contributed by atoms with Gasteiger partial charge < -0.3 is 19.5 Å². The molecule has 2 aromatic rings. The molecule has 7 nitrogen and oxygen atoms in total. The van der Waals surface area contributed by atoms with Gasteiger partial charge in [0.05, 0.1) is 45.5 Å². The Bertz CT molecular complexity index is 714. The van der Waals surface area contributed by atoms with Crippen LogP contribution in [-0.4, -0.2) is 62.4 Å². The van der Waals surface area contributed by atoms with E-state index in [-0.39, 0.29) is 5.91 Å². The predicted octanol–water partition coefficient (Wildman–Crippen LogP) is 1.72. The van der Waals surface area contributed by atoms with Gasteiger partial charge in [-0.3, -0.25) is 9.69 Å². The molecule has 3 rings (SSSR count). The number of thiazole rings is 1. The monoisotopic (exact) mass is 391 g/mol. The van der Waals surface area contributed by atoms with Crippen LogP contribution in [0.1, 0.15) is 10.7 Å². The second kappa shape index (κ2) is 10.2. The Balaban J connectivity index is 1.34. The van der Waals surface area contributed by atoms with Crippen LogP contribution in [0.5, 0.6) is 11.5 Å². The number of methoxy groups -OCH3 is 1. The first-order valence-electron chi connectivity index (χ1n) is 9.00. The van der Waals surface area contributed by atoms with E-state index in [2.05, 4.69) is 15.2 Å². The topological polar surface area (TPSA) is 72.9 Å². The Morgan fingerprint density at radius 1 is 1.26 bits per heavy atom. The van der Waals surface area contributed by atoms with Crippen molar-refractivity contribution in [1.29, 1.82) is 0 Å². The number of nitrogens with one attached hydrogen (secondary N) is 1. The lowest BCUT2D eigenvalue weighted by atomic mass is 10.3. The molecule has 1 aromatic carbocycles. The van der Waals surface area contributed by atoms with Crippen molar-refractivity contribution in [2.45, 2.75) is 13.0 Å². The zero-order valence-corrected chi connectivity index (χ0v) is 16.3. The van der Waals surface area contributed by atoms with E-state index in [4.69, 9.17) is 14.2 Å². The Morgan fingerprint density at radius 2 is 2.00 bits per heavy atom. The third kappa shape index (κ3) is 6.50. The number of morpholine rings is 1. The smallest absolute Gasteiger partial charge is 0.226 e. The molecule has 1 fully saturated rings. The maximum absolute atomic E-state index is 12.1. The fourth-order valence-corrected chi connectivity index (χ4v) is 3.55. The second-order valence-corrected chi connectivity index (χ2v) is 7.11. The number of rotatable bonds is 9. The minimum atomic E-state index is -0.0449. The molecule has 0 spiro atoms. The minimum Gasteiger partial charge on any atom is -0.497 e. The molecular weight excluding hydrogens is 366 g/mol. The van der Waals surface area contributed by atoms with E-state index < -0.39 is 0 Å². The van der Waals surface area contributed by atoms with Crippen molar-refractivity contribution >= 4 is 17.2 Å². The van der Waals surface area contributed by atoms with Gasteiger partial charge in [0.25, 0.3) is 0 Å². The van der Waals surface area contributed by atoms with E-state index in [1.807, 2.05) is 29.6 Å². The summed E-state index contributed by atoms with van der Waals surface area (Å²) in [6.45, 7) is 5.12. The van der Waals surface area contributed by atoms with Crippen molar-refractivity contribution < 1.29 is 19.0 Å². The highest BCUT2D eigenvalue weighted by Gasteiger charge is 2.13. The van der Waals surface area contributed by atoms with E-state index in [1.165, 1.54) is 0 Å². The number of carbonyl (C=O) groups is 1. The fourth-order valence-electron chi connectivity index (χ4n) is 2.71. The number of aromatic nitrogens is 1. The maximum atomic E-state index is 12.1. The number of benzene rings is 1. The molecule has 146 valence electrons. The first kappa shape index (κ1) is 19.6. The number of nitrogens with zero attached hydrogens (tertiary/aromatic N) is 2. The number of amides is 1. The first-order chi connectivity index (χ1) is 13.2. The Morgan fingerprint density at radius 3 is 2.74 bits per heavy atom. The lowest BCUT2D eigenvalue weighted by Gasteiger charge is -2.25. The molecule has 1 aliphatic rings. The average molecular weight is 391 g/mol. The molecule has 1 aliphatic heterocycles. The normalized spacial score (nSPS) is 14.7. The highest BCUT2D eigenvalue weighted by Crippen LogP contribution is 2.17. The van der Waals surface area contributed by atoms with Crippen LogP contribution in [-0.2, 0) is 22.5 Å². The van der Waals surface area contributed by atoms with Crippen LogP contribution < -0.4 is 14.8 Å². The van der Waals surface area contributed by atoms with Gasteiger partial charge in [-0.25, -0.2) is 4.98 Å². The van der Waals surface area contributed by atoms with Crippen molar-refractivity contribution in [3.63, 3.8) is 0 Å². The average Bonchev–Trinajstić information content (AvgIpc) is 3.13. The molecule has 0 atom stereocenters. The molecule has 27 heavy (non-hydrogen) atoms. The van der Waals surface area contributed by atoms with Crippen LogP contribution in [0.15, 0.2) is 29.6 Å². The highest BCUT2D eigenvalue weighted by molar-refractivity contribution is 7.09. The van der Waals surface area contributed by atoms with Gasteiger partial charge in [0, 0.05) is 18.5 Å². The van der Waals surface area contributed by atoms with Crippen LogP contribution >= 0.6 is 11.3 Å². The summed E-state index contributed by atoms with van der Waals surface area (Å²) < 4.78 is 16.0. The number of hydrogen-bond acceptors (Lipinski definition) is 7. The summed E-state index contributed by atoms with van der Waals surface area (Å²) in [5, 5.41) is 5.87. The van der Waals surface area contributed by atoms with Crippen LogP contribution in [0.4, 0.5) is 0 Å². The highest BCUT2D eigenvalue weighted by atomic mass is 32.1. The molecule has 0 bridgehead atoms. The Hall–Kier alpha value is -2.16. The Labute approximate surface area is 163 Å². The van der Waals surface area contributed by atoms with E-state index in [1.54, 1.807) is 18.4 Å². The number of carbonyl (C=O) groups excluding carboxylic acids is 1. The van der Waals surface area contributed by atoms with Crippen molar-refractivity contribution in [1.82, 2.24) is 15.2 Å². The van der Waals surface area contributed by atoms with Crippen LogP contribution in [0.2, 0.25) is 0 Å². The van der Waals surface area contributed by atoms with E-state index in [0.29, 0.717) is 19.6 Å². The van der Waals surface area contributed by atoms with Crippen molar-refractivity contribution in [3.8, 4) is 11.5 Å². The van der Waals surface area contributed by atoms with Crippen molar-refractivity contribution in [2.24, 2.45) is 0 Å². The molecule has 1 saturated heterocycles. The molecule has 1 amide bonds. The van der Waals surface area contributed by atoms with E-state index >= 15 is 0 Å². The molecular formula is C19H25N3O4S. The molecule has 1 N–H and O–H groups in total. The summed E-state index contributed by atoms with van der Waals surface area (Å²) in [4.78, 5) is 19.0. The first-order valence-corrected chi connectivity index (χ1v) is 9.88. The minimum absolute atomic E-state index is 0.0449. The van der Waals surface area contributed by atoms with Gasteiger partial charge in [0.15, 0.2) is 0 Å². The van der Waals surface area contributed by atoms with Gasteiger partial charge in [-0.05, 0) is 24.3 Å². The van der Waals surface area contributed by atoms with Gasteiger partial charge in [-0.2, -0.15) is 0 Å². The van der Waals surface area contributed by atoms with E-state index in [9.17, 15) is 4.79 Å². The van der Waals surface area contributed by atoms with Gasteiger partial charge in [-0.15, -0.1) is 11.3 Å². The lowest BCUT2D eigenvalue weighted by Crippen LogP contribution is -2.35. The van der Waals surface area contributed by atoms with E-state index in [0.717, 1.165) is 55.0 Å². The molecule has 0 radical (unpaired) electrons. The third-order valence-electron chi connectivity index (χ3n) is 4.16. The molecule has 0 unspecified atom stereocenters. The van der Waals surface area contributed by atoms with Crippen LogP contribution in [0.25, 0.3) is 0 Å². The van der Waals surface area contributed by atoms with Crippen molar-refractivity contribution in [3.05, 3.63) is 40.3 Å². The second-order valence-electron chi connectivity index (χ2n) is 6.17. The number of hydrogen-bond donors (Lipinski definition) is 1. The fraction of sp³-hybridized carbons (Fsp3) is 0.474. The zero-order chi connectivity index (χ0) is 18.9. The lowest BCUT2D eigenvalue weighted by molar-refractivity contribution is -0.120. The maximum Gasteiger partial charge on any atom is 0.226 e. The molecule has 1 aromatic heterocycles. The Kier molecular flexibility index (Phi) is 7.44. The summed E-state index contributed by atoms with van der Waals surface area (Å²) in [6, 6.07) is 7.35.